The summed E-state index contributed by atoms with van der Waals surface area (Å²) >= 11 is 0. The van der Waals surface area contributed by atoms with Gasteiger partial charge >= 0.3 is 0 Å². The quantitative estimate of drug-likeness (QED) is 0.701. The van der Waals surface area contributed by atoms with Crippen LogP contribution in [-0.2, 0) is 9.53 Å². The molecule has 0 bridgehead atoms. The lowest BCUT2D eigenvalue weighted by molar-refractivity contribution is -0.128. The zero-order valence-corrected chi connectivity index (χ0v) is 9.88. The van der Waals surface area contributed by atoms with E-state index in [1.54, 1.807) is 0 Å². The molecule has 1 saturated heterocycles. The Labute approximate surface area is 91.5 Å². The second kappa shape index (κ2) is 4.94. The number of nitrogens with one attached hydrogen (secondary N) is 1. The van der Waals surface area contributed by atoms with Crippen molar-refractivity contribution in [2.75, 3.05) is 19.8 Å². The first-order chi connectivity index (χ1) is 6.93. The molecule has 1 fully saturated rings. The highest BCUT2D eigenvalue weighted by molar-refractivity contribution is 5.81. The highest BCUT2D eigenvalue weighted by Gasteiger charge is 2.33. The fourth-order valence-electron chi connectivity index (χ4n) is 1.60. The third-order valence-corrected chi connectivity index (χ3v) is 2.65. The Bertz CT molecular complexity index is 225. The summed E-state index contributed by atoms with van der Waals surface area (Å²) in [5.74, 6) is 0.408. The maximum atomic E-state index is 11.6. The second-order valence-corrected chi connectivity index (χ2v) is 5.26. The van der Waals surface area contributed by atoms with Crippen LogP contribution in [0.4, 0.5) is 0 Å². The fraction of sp³-hybridized carbons (Fsp3) is 0.909. The highest BCUT2D eigenvalue weighted by Crippen LogP contribution is 2.25. The Morgan fingerprint density at radius 2 is 2.13 bits per heavy atom. The van der Waals surface area contributed by atoms with E-state index in [-0.39, 0.29) is 17.4 Å². The monoisotopic (exact) mass is 214 g/mol. The third kappa shape index (κ3) is 3.80. The molecule has 3 N–H and O–H groups in total. The summed E-state index contributed by atoms with van der Waals surface area (Å²) in [5.41, 5.74) is 5.88. The molecule has 88 valence electrons. The summed E-state index contributed by atoms with van der Waals surface area (Å²) in [4.78, 5) is 11.6. The van der Waals surface area contributed by atoms with Crippen LogP contribution in [0, 0.1) is 11.3 Å². The number of ether oxygens (including phenoxy) is 1. The number of amides is 1. The lowest BCUT2D eigenvalue weighted by Crippen LogP contribution is -2.51. The van der Waals surface area contributed by atoms with E-state index in [0.717, 1.165) is 19.6 Å². The van der Waals surface area contributed by atoms with Crippen molar-refractivity contribution in [2.45, 2.75) is 33.2 Å². The molecule has 0 aromatic heterocycles. The van der Waals surface area contributed by atoms with Gasteiger partial charge in [-0.15, -0.1) is 0 Å². The average molecular weight is 214 g/mol. The van der Waals surface area contributed by atoms with Gasteiger partial charge in [0.15, 0.2) is 0 Å². The number of carbonyl (C=O) groups excluding carboxylic acids is 1. The maximum Gasteiger partial charge on any atom is 0.236 e. The van der Waals surface area contributed by atoms with Crippen LogP contribution >= 0.6 is 0 Å². The van der Waals surface area contributed by atoms with Crippen LogP contribution in [0.25, 0.3) is 0 Å². The molecule has 0 saturated carbocycles. The Hall–Kier alpha value is -0.610. The van der Waals surface area contributed by atoms with Crippen LogP contribution in [0.3, 0.4) is 0 Å². The molecule has 0 aromatic carbocycles. The Morgan fingerprint density at radius 3 is 2.53 bits per heavy atom. The first kappa shape index (κ1) is 12.5. The molecule has 1 aliphatic rings. The van der Waals surface area contributed by atoms with Crippen molar-refractivity contribution < 1.29 is 9.53 Å². The fourth-order valence-corrected chi connectivity index (χ4v) is 1.60. The molecule has 1 rings (SSSR count). The van der Waals surface area contributed by atoms with Crippen LogP contribution in [0.15, 0.2) is 0 Å². The molecule has 1 atom stereocenters. The first-order valence-electron chi connectivity index (χ1n) is 5.54. The first-order valence-corrected chi connectivity index (χ1v) is 5.54. The van der Waals surface area contributed by atoms with Gasteiger partial charge in [-0.25, -0.2) is 0 Å². The summed E-state index contributed by atoms with van der Waals surface area (Å²) in [6, 6.07) is -0.380. The number of hydrogen-bond donors (Lipinski definition) is 2. The molecule has 15 heavy (non-hydrogen) atoms. The minimum Gasteiger partial charge on any atom is -0.380 e. The van der Waals surface area contributed by atoms with E-state index in [4.69, 9.17) is 10.5 Å². The van der Waals surface area contributed by atoms with E-state index in [2.05, 4.69) is 26.1 Å². The van der Waals surface area contributed by atoms with E-state index >= 15 is 0 Å². The predicted molar refractivity (Wildman–Crippen MR) is 59.4 cm³/mol. The normalized spacial score (nSPS) is 20.9. The van der Waals surface area contributed by atoms with Crippen molar-refractivity contribution in [1.82, 2.24) is 5.32 Å². The lowest BCUT2D eigenvalue weighted by Gasteiger charge is -2.38. The van der Waals surface area contributed by atoms with Gasteiger partial charge in [-0.2, -0.15) is 0 Å². The molecule has 0 aliphatic carbocycles. The molecule has 1 aliphatic heterocycles. The molecular formula is C11H22N2O2. The van der Waals surface area contributed by atoms with Gasteiger partial charge < -0.3 is 15.8 Å². The van der Waals surface area contributed by atoms with E-state index in [1.165, 1.54) is 0 Å². The number of rotatable bonds is 5. The Kier molecular flexibility index (Phi) is 4.11. The lowest BCUT2D eigenvalue weighted by atomic mass is 9.88. The van der Waals surface area contributed by atoms with Crippen molar-refractivity contribution in [3.8, 4) is 0 Å². The zero-order valence-electron chi connectivity index (χ0n) is 9.88. The van der Waals surface area contributed by atoms with Gasteiger partial charge in [-0.05, 0) is 12.3 Å². The van der Waals surface area contributed by atoms with Gasteiger partial charge in [0.2, 0.25) is 5.91 Å². The van der Waals surface area contributed by atoms with Crippen molar-refractivity contribution in [2.24, 2.45) is 17.1 Å². The maximum absolute atomic E-state index is 11.6. The molecular weight excluding hydrogens is 192 g/mol. The highest BCUT2D eigenvalue weighted by atomic mass is 16.5. The topological polar surface area (TPSA) is 64.4 Å². The third-order valence-electron chi connectivity index (χ3n) is 2.65. The van der Waals surface area contributed by atoms with Gasteiger partial charge in [0.05, 0.1) is 19.3 Å². The Balaban J connectivity index is 2.23. The molecule has 0 radical (unpaired) electrons. The number of nitrogens with two attached hydrogens (primary N) is 1. The molecule has 0 aromatic rings. The zero-order chi connectivity index (χ0) is 11.5. The van der Waals surface area contributed by atoms with E-state index in [9.17, 15) is 4.79 Å². The summed E-state index contributed by atoms with van der Waals surface area (Å²) in [6.07, 6.45) is 0.735. The number of hydrogen-bond acceptors (Lipinski definition) is 3. The molecule has 1 heterocycles. The summed E-state index contributed by atoms with van der Waals surface area (Å²) in [7, 11) is 0. The van der Waals surface area contributed by atoms with Crippen molar-refractivity contribution in [3.63, 3.8) is 0 Å². The van der Waals surface area contributed by atoms with Gasteiger partial charge in [-0.1, -0.05) is 20.8 Å². The molecule has 4 nitrogen and oxygen atoms in total. The molecule has 0 spiro atoms. The summed E-state index contributed by atoms with van der Waals surface area (Å²) < 4.78 is 5.11. The van der Waals surface area contributed by atoms with Crippen molar-refractivity contribution >= 4 is 5.91 Å². The van der Waals surface area contributed by atoms with Crippen LogP contribution in [0.5, 0.6) is 0 Å². The SMILES string of the molecule is CC(C)C[C@@H](N)C(=O)NCC1(C)COC1. The second-order valence-electron chi connectivity index (χ2n) is 5.26. The van der Waals surface area contributed by atoms with E-state index in [1.807, 2.05) is 0 Å². The van der Waals surface area contributed by atoms with Gasteiger partial charge in [0.25, 0.3) is 0 Å². The van der Waals surface area contributed by atoms with Crippen LogP contribution in [0.2, 0.25) is 0 Å². The van der Waals surface area contributed by atoms with Crippen LogP contribution in [-0.4, -0.2) is 31.7 Å². The van der Waals surface area contributed by atoms with Gasteiger partial charge in [0, 0.05) is 12.0 Å². The molecule has 0 unspecified atom stereocenters. The van der Waals surface area contributed by atoms with E-state index < -0.39 is 0 Å². The van der Waals surface area contributed by atoms with Gasteiger partial charge in [-0.3, -0.25) is 4.79 Å². The Morgan fingerprint density at radius 1 is 1.53 bits per heavy atom. The van der Waals surface area contributed by atoms with Crippen LogP contribution < -0.4 is 11.1 Å². The van der Waals surface area contributed by atoms with Crippen LogP contribution in [0.1, 0.15) is 27.2 Å². The predicted octanol–water partition coefficient (Wildman–Crippen LogP) is 0.513. The standard InChI is InChI=1S/C11H22N2O2/c1-8(2)4-9(12)10(14)13-5-11(3)6-15-7-11/h8-9H,4-7,12H2,1-3H3,(H,13,14)/t9-/m1/s1. The van der Waals surface area contributed by atoms with E-state index in [0.29, 0.717) is 12.5 Å². The summed E-state index contributed by atoms with van der Waals surface area (Å²) in [5, 5.41) is 2.89. The number of carbonyl (C=O) groups is 1. The van der Waals surface area contributed by atoms with Crippen molar-refractivity contribution in [3.05, 3.63) is 0 Å². The summed E-state index contributed by atoms with van der Waals surface area (Å²) in [6.45, 7) is 8.35. The van der Waals surface area contributed by atoms with Crippen molar-refractivity contribution in [1.29, 1.82) is 0 Å². The minimum atomic E-state index is -0.380. The smallest absolute Gasteiger partial charge is 0.236 e. The average Bonchev–Trinajstić information content (AvgIpc) is 2.10. The van der Waals surface area contributed by atoms with Gasteiger partial charge in [0.1, 0.15) is 0 Å². The molecule has 4 heteroatoms. The largest absolute Gasteiger partial charge is 0.380 e. The molecule has 1 amide bonds. The minimum absolute atomic E-state index is 0.0446.